The van der Waals surface area contributed by atoms with E-state index in [1.807, 2.05) is 12.3 Å². The van der Waals surface area contributed by atoms with Crippen LogP contribution < -0.4 is 5.73 Å². The van der Waals surface area contributed by atoms with Crippen LogP contribution in [0.1, 0.15) is 24.0 Å². The molecule has 27 heavy (non-hydrogen) atoms. The third-order valence-electron chi connectivity index (χ3n) is 5.99. The summed E-state index contributed by atoms with van der Waals surface area (Å²) in [5.74, 6) is -0.260. The lowest BCUT2D eigenvalue weighted by Crippen LogP contribution is -2.57. The monoisotopic (exact) mass is 368 g/mol. The van der Waals surface area contributed by atoms with Crippen LogP contribution in [0.2, 0.25) is 0 Å². The van der Waals surface area contributed by atoms with Gasteiger partial charge in [0.15, 0.2) is 0 Å². The van der Waals surface area contributed by atoms with Crippen LogP contribution in [0.4, 0.5) is 0 Å². The molecule has 3 heterocycles. The van der Waals surface area contributed by atoms with Crippen LogP contribution in [0.15, 0.2) is 30.5 Å². The fraction of sp³-hybridized carbons (Fsp3) is 0.524. The van der Waals surface area contributed by atoms with Crippen LogP contribution in [0.5, 0.6) is 0 Å². The summed E-state index contributed by atoms with van der Waals surface area (Å²) >= 11 is 0. The topological polar surface area (TPSA) is 71.7 Å². The number of hydrogen-bond donors (Lipinski definition) is 1. The summed E-state index contributed by atoms with van der Waals surface area (Å²) in [6.45, 7) is 7.73. The lowest BCUT2D eigenvalue weighted by atomic mass is 9.88. The van der Waals surface area contributed by atoms with Gasteiger partial charge in [-0.1, -0.05) is 12.1 Å². The molecule has 0 atom stereocenters. The normalized spacial score (nSPS) is 20.9. The lowest BCUT2D eigenvalue weighted by Gasteiger charge is -2.47. The Hall–Kier alpha value is -2.02. The molecule has 0 aliphatic carbocycles. The van der Waals surface area contributed by atoms with E-state index in [-0.39, 0.29) is 11.5 Å². The number of carbonyl (C=O) groups is 1. The number of nitrogens with two attached hydrogens (primary N) is 1. The van der Waals surface area contributed by atoms with E-state index >= 15 is 0 Å². The van der Waals surface area contributed by atoms with Gasteiger partial charge in [-0.05, 0) is 43.0 Å². The molecule has 0 saturated carbocycles. The molecule has 0 bridgehead atoms. The molecule has 6 nitrogen and oxygen atoms in total. The highest BCUT2D eigenvalue weighted by Gasteiger charge is 2.39. The average Bonchev–Trinajstić information content (AvgIpc) is 2.65. The van der Waals surface area contributed by atoms with E-state index in [0.717, 1.165) is 51.1 Å². The number of piperidine rings is 1. The molecule has 2 aromatic rings. The smallest absolute Gasteiger partial charge is 0.231 e. The van der Waals surface area contributed by atoms with Gasteiger partial charge >= 0.3 is 0 Å². The van der Waals surface area contributed by atoms with E-state index in [4.69, 9.17) is 10.5 Å². The molecule has 2 aliphatic heterocycles. The third-order valence-corrected chi connectivity index (χ3v) is 5.99. The van der Waals surface area contributed by atoms with Crippen molar-refractivity contribution in [3.05, 3.63) is 41.6 Å². The minimum atomic E-state index is -0.260. The maximum atomic E-state index is 11.3. The fourth-order valence-electron chi connectivity index (χ4n) is 4.46. The summed E-state index contributed by atoms with van der Waals surface area (Å²) in [5.41, 5.74) is 9.00. The van der Waals surface area contributed by atoms with Crippen LogP contribution in [0.25, 0.3) is 10.9 Å². The van der Waals surface area contributed by atoms with Crippen molar-refractivity contribution >= 4 is 16.8 Å². The Morgan fingerprint density at radius 1 is 1.22 bits per heavy atom. The van der Waals surface area contributed by atoms with Crippen LogP contribution in [0.3, 0.4) is 0 Å². The van der Waals surface area contributed by atoms with Gasteiger partial charge in [0.1, 0.15) is 0 Å². The highest BCUT2D eigenvalue weighted by Crippen LogP contribution is 2.31. The van der Waals surface area contributed by atoms with E-state index in [2.05, 4.69) is 39.9 Å². The summed E-state index contributed by atoms with van der Waals surface area (Å²) in [5, 5.41) is 1.25. The van der Waals surface area contributed by atoms with E-state index in [0.29, 0.717) is 13.2 Å². The number of pyridine rings is 1. The van der Waals surface area contributed by atoms with Gasteiger partial charge < -0.3 is 10.5 Å². The number of hydrogen-bond acceptors (Lipinski definition) is 5. The van der Waals surface area contributed by atoms with Gasteiger partial charge in [0.25, 0.3) is 0 Å². The number of primary amides is 1. The van der Waals surface area contributed by atoms with E-state index < -0.39 is 0 Å². The van der Waals surface area contributed by atoms with Gasteiger partial charge in [-0.3, -0.25) is 19.6 Å². The Balaban J connectivity index is 1.43. The molecule has 6 heteroatoms. The second-order valence-corrected chi connectivity index (χ2v) is 7.92. The highest BCUT2D eigenvalue weighted by molar-refractivity contribution is 5.83. The largest absolute Gasteiger partial charge is 0.372 e. The van der Waals surface area contributed by atoms with Crippen molar-refractivity contribution in [3.8, 4) is 0 Å². The van der Waals surface area contributed by atoms with E-state index in [1.165, 1.54) is 16.5 Å². The second kappa shape index (κ2) is 7.54. The van der Waals surface area contributed by atoms with Gasteiger partial charge in [-0.25, -0.2) is 0 Å². The van der Waals surface area contributed by atoms with Gasteiger partial charge in [-0.2, -0.15) is 0 Å². The van der Waals surface area contributed by atoms with Gasteiger partial charge in [-0.15, -0.1) is 0 Å². The molecule has 1 aromatic heterocycles. The second-order valence-electron chi connectivity index (χ2n) is 7.92. The summed E-state index contributed by atoms with van der Waals surface area (Å²) in [7, 11) is 0. The first-order valence-corrected chi connectivity index (χ1v) is 9.75. The first kappa shape index (κ1) is 18.3. The number of nitrogens with zero attached hydrogens (tertiary/aromatic N) is 3. The third kappa shape index (κ3) is 3.98. The Morgan fingerprint density at radius 2 is 2.04 bits per heavy atom. The molecule has 1 aromatic carbocycles. The number of aryl methyl sites for hydroxylation is 1. The van der Waals surface area contributed by atoms with Crippen molar-refractivity contribution in [2.45, 2.75) is 31.9 Å². The van der Waals surface area contributed by atoms with Crippen LogP contribution in [-0.4, -0.2) is 65.6 Å². The number of morpholine rings is 1. The Bertz CT molecular complexity index is 830. The first-order chi connectivity index (χ1) is 13.0. The molecular weight excluding hydrogens is 340 g/mol. The minimum Gasteiger partial charge on any atom is -0.372 e. The molecule has 4 rings (SSSR count). The maximum absolute atomic E-state index is 11.3. The fourth-order valence-corrected chi connectivity index (χ4v) is 4.46. The van der Waals surface area contributed by atoms with Crippen molar-refractivity contribution < 1.29 is 9.53 Å². The van der Waals surface area contributed by atoms with E-state index in [9.17, 15) is 4.79 Å². The van der Waals surface area contributed by atoms with Gasteiger partial charge in [0.05, 0.1) is 24.3 Å². The van der Waals surface area contributed by atoms with Crippen molar-refractivity contribution in [2.24, 2.45) is 5.73 Å². The number of benzene rings is 1. The minimum absolute atomic E-state index is 0.125. The molecule has 2 fully saturated rings. The van der Waals surface area contributed by atoms with Crippen LogP contribution in [-0.2, 0) is 16.1 Å². The SMILES string of the molecule is Cc1ccc2ncccc2c1CN1CCC2(CC1)CN(CC(N)=O)CCO2. The predicted octanol–water partition coefficient (Wildman–Crippen LogP) is 1.70. The van der Waals surface area contributed by atoms with Crippen molar-refractivity contribution in [1.29, 1.82) is 0 Å². The molecule has 0 radical (unpaired) electrons. The molecule has 1 amide bonds. The number of carbonyl (C=O) groups excluding carboxylic acids is 1. The quantitative estimate of drug-likeness (QED) is 0.889. The maximum Gasteiger partial charge on any atom is 0.231 e. The summed E-state index contributed by atoms with van der Waals surface area (Å²) in [6.07, 6.45) is 3.83. The molecule has 2 saturated heterocycles. The van der Waals surface area contributed by atoms with Crippen molar-refractivity contribution in [1.82, 2.24) is 14.8 Å². The lowest BCUT2D eigenvalue weighted by molar-refractivity contribution is -0.142. The average molecular weight is 368 g/mol. The standard InChI is InChI=1S/C21H28N4O2/c1-16-4-5-19-17(3-2-8-23-19)18(16)13-24-9-6-21(7-10-24)15-25(11-12-27-21)14-20(22)26/h2-5,8H,6-7,9-15H2,1H3,(H2,22,26). The number of rotatable bonds is 4. The summed E-state index contributed by atoms with van der Waals surface area (Å²) in [4.78, 5) is 20.4. The first-order valence-electron chi connectivity index (χ1n) is 9.75. The highest BCUT2D eigenvalue weighted by atomic mass is 16.5. The van der Waals surface area contributed by atoms with Crippen molar-refractivity contribution in [2.75, 3.05) is 39.3 Å². The number of likely N-dealkylation sites (tertiary alicyclic amines) is 1. The Kier molecular flexibility index (Phi) is 5.12. The summed E-state index contributed by atoms with van der Waals surface area (Å²) < 4.78 is 6.18. The zero-order valence-corrected chi connectivity index (χ0v) is 16.0. The number of aromatic nitrogens is 1. The van der Waals surface area contributed by atoms with Gasteiger partial charge in [0.2, 0.25) is 5.91 Å². The number of fused-ring (bicyclic) bond motifs is 1. The number of amides is 1. The molecule has 144 valence electrons. The molecule has 2 N–H and O–H groups in total. The van der Waals surface area contributed by atoms with Crippen LogP contribution in [0, 0.1) is 6.92 Å². The number of ether oxygens (including phenoxy) is 1. The van der Waals surface area contributed by atoms with E-state index in [1.54, 1.807) is 0 Å². The Labute approximate surface area is 160 Å². The molecule has 1 spiro atoms. The predicted molar refractivity (Wildman–Crippen MR) is 105 cm³/mol. The molecule has 2 aliphatic rings. The zero-order chi connectivity index (χ0) is 18.9. The van der Waals surface area contributed by atoms with Gasteiger partial charge in [0, 0.05) is 44.3 Å². The summed E-state index contributed by atoms with van der Waals surface area (Å²) in [6, 6.07) is 8.45. The van der Waals surface area contributed by atoms with Crippen LogP contribution >= 0.6 is 0 Å². The molecular formula is C21H28N4O2. The molecule has 0 unspecified atom stereocenters. The van der Waals surface area contributed by atoms with Crippen molar-refractivity contribution in [3.63, 3.8) is 0 Å². The zero-order valence-electron chi connectivity index (χ0n) is 16.0. The Morgan fingerprint density at radius 3 is 2.81 bits per heavy atom.